The summed E-state index contributed by atoms with van der Waals surface area (Å²) in [4.78, 5) is 22.9. The SMILES string of the molecule is O=C(NC1CC1)c1ccc(OCC[C@H]2C[C@@H]2C2CCN(c3ncc(Cl)cn3)CC2)cc1F. The van der Waals surface area contributed by atoms with Crippen LogP contribution in [0.3, 0.4) is 0 Å². The molecule has 1 saturated heterocycles. The van der Waals surface area contributed by atoms with Gasteiger partial charge in [-0.25, -0.2) is 14.4 Å². The van der Waals surface area contributed by atoms with Crippen LogP contribution in [-0.4, -0.2) is 41.6 Å². The van der Waals surface area contributed by atoms with Gasteiger partial charge in [0, 0.05) is 25.2 Å². The van der Waals surface area contributed by atoms with E-state index in [1.165, 1.54) is 18.6 Å². The Balaban J connectivity index is 1.03. The van der Waals surface area contributed by atoms with E-state index in [4.69, 9.17) is 16.3 Å². The number of halogens is 2. The standard InChI is InChI=1S/C24H28ClFN4O2/c25-17-13-27-24(28-14-17)30-8-5-15(6-9-30)21-11-16(21)7-10-32-19-3-4-20(22(26)12-19)23(31)29-18-1-2-18/h3-4,12-16,18,21H,1-2,5-11H2,(H,29,31)/t16-,21+/m0/s1. The van der Waals surface area contributed by atoms with Crippen LogP contribution in [0.1, 0.15) is 48.9 Å². The number of nitrogens with one attached hydrogen (secondary N) is 1. The fraction of sp³-hybridized carbons (Fsp3) is 0.542. The lowest BCUT2D eigenvalue weighted by Crippen LogP contribution is -2.35. The predicted octanol–water partition coefficient (Wildman–Crippen LogP) is 4.48. The fourth-order valence-corrected chi connectivity index (χ4v) is 4.86. The molecule has 2 aromatic rings. The first-order chi connectivity index (χ1) is 15.6. The Labute approximate surface area is 192 Å². The summed E-state index contributed by atoms with van der Waals surface area (Å²) in [5, 5.41) is 3.37. The van der Waals surface area contributed by atoms with Gasteiger partial charge >= 0.3 is 0 Å². The van der Waals surface area contributed by atoms with E-state index in [0.29, 0.717) is 23.3 Å². The van der Waals surface area contributed by atoms with Crippen LogP contribution in [0.25, 0.3) is 0 Å². The number of piperidine rings is 1. The lowest BCUT2D eigenvalue weighted by atomic mass is 9.90. The summed E-state index contributed by atoms with van der Waals surface area (Å²) in [6.45, 7) is 2.53. The Morgan fingerprint density at radius 1 is 1.19 bits per heavy atom. The molecule has 8 heteroatoms. The molecule has 0 bridgehead atoms. The molecule has 1 aromatic carbocycles. The first kappa shape index (κ1) is 21.4. The third-order valence-electron chi connectivity index (χ3n) is 6.87. The van der Waals surface area contributed by atoms with Gasteiger partial charge in [0.15, 0.2) is 0 Å². The number of rotatable bonds is 8. The first-order valence-electron chi connectivity index (χ1n) is 11.5. The van der Waals surface area contributed by atoms with E-state index in [2.05, 4.69) is 20.2 Å². The van der Waals surface area contributed by atoms with Gasteiger partial charge in [0.1, 0.15) is 11.6 Å². The molecule has 0 spiro atoms. The van der Waals surface area contributed by atoms with Crippen LogP contribution in [0.5, 0.6) is 5.75 Å². The topological polar surface area (TPSA) is 67.3 Å². The van der Waals surface area contributed by atoms with E-state index in [9.17, 15) is 9.18 Å². The Kier molecular flexibility index (Phi) is 6.17. The maximum atomic E-state index is 14.3. The maximum Gasteiger partial charge on any atom is 0.254 e. The van der Waals surface area contributed by atoms with E-state index in [1.54, 1.807) is 18.5 Å². The van der Waals surface area contributed by atoms with Gasteiger partial charge in [-0.2, -0.15) is 0 Å². The highest BCUT2D eigenvalue weighted by Crippen LogP contribution is 2.49. The lowest BCUT2D eigenvalue weighted by molar-refractivity contribution is 0.0947. The van der Waals surface area contributed by atoms with Crippen molar-refractivity contribution < 1.29 is 13.9 Å². The van der Waals surface area contributed by atoms with Crippen molar-refractivity contribution in [3.05, 3.63) is 47.0 Å². The molecule has 0 unspecified atom stereocenters. The number of anilines is 1. The molecule has 1 aromatic heterocycles. The minimum absolute atomic E-state index is 0.0850. The highest BCUT2D eigenvalue weighted by atomic mass is 35.5. The lowest BCUT2D eigenvalue weighted by Gasteiger charge is -2.32. The third kappa shape index (κ3) is 5.14. The van der Waals surface area contributed by atoms with Gasteiger partial charge in [-0.3, -0.25) is 4.79 Å². The largest absolute Gasteiger partial charge is 0.493 e. The Hall–Kier alpha value is -2.41. The molecule has 3 fully saturated rings. The molecular formula is C24H28ClFN4O2. The van der Waals surface area contributed by atoms with Crippen LogP contribution in [0, 0.1) is 23.6 Å². The summed E-state index contributed by atoms with van der Waals surface area (Å²) in [7, 11) is 0. The van der Waals surface area contributed by atoms with E-state index in [1.807, 2.05) is 0 Å². The average Bonchev–Trinajstić information content (AvgIpc) is 3.72. The third-order valence-corrected chi connectivity index (χ3v) is 7.06. The van der Waals surface area contributed by atoms with E-state index >= 15 is 0 Å². The summed E-state index contributed by atoms with van der Waals surface area (Å²) in [5.41, 5.74) is 0.0850. The highest BCUT2D eigenvalue weighted by molar-refractivity contribution is 6.30. The number of amides is 1. The van der Waals surface area contributed by atoms with Crippen molar-refractivity contribution in [2.24, 2.45) is 17.8 Å². The van der Waals surface area contributed by atoms with Crippen LogP contribution < -0.4 is 15.0 Å². The molecule has 0 radical (unpaired) electrons. The molecule has 5 rings (SSSR count). The van der Waals surface area contributed by atoms with Gasteiger partial charge < -0.3 is 15.0 Å². The smallest absolute Gasteiger partial charge is 0.254 e. The van der Waals surface area contributed by atoms with Gasteiger partial charge in [-0.1, -0.05) is 11.6 Å². The maximum absolute atomic E-state index is 14.3. The molecule has 2 heterocycles. The summed E-state index contributed by atoms with van der Waals surface area (Å²) in [6.07, 6.45) is 9.80. The molecule has 2 atom stereocenters. The van der Waals surface area contributed by atoms with Crippen molar-refractivity contribution in [1.82, 2.24) is 15.3 Å². The zero-order valence-corrected chi connectivity index (χ0v) is 18.7. The number of hydrogen-bond donors (Lipinski definition) is 1. The number of ether oxygens (including phenoxy) is 1. The Morgan fingerprint density at radius 2 is 1.94 bits per heavy atom. The van der Waals surface area contributed by atoms with Gasteiger partial charge in [-0.15, -0.1) is 0 Å². The second-order valence-electron chi connectivity index (χ2n) is 9.21. The van der Waals surface area contributed by atoms with Crippen LogP contribution in [0.15, 0.2) is 30.6 Å². The quantitative estimate of drug-likeness (QED) is 0.631. The fourth-order valence-electron chi connectivity index (χ4n) is 4.77. The van der Waals surface area contributed by atoms with Crippen molar-refractivity contribution in [2.45, 2.75) is 44.6 Å². The van der Waals surface area contributed by atoms with E-state index in [0.717, 1.165) is 63.0 Å². The summed E-state index contributed by atoms with van der Waals surface area (Å²) >= 11 is 5.88. The Morgan fingerprint density at radius 3 is 2.62 bits per heavy atom. The average molecular weight is 459 g/mol. The number of nitrogens with zero attached hydrogens (tertiary/aromatic N) is 3. The normalized spacial score (nSPS) is 23.1. The van der Waals surface area contributed by atoms with Gasteiger partial charge in [0.25, 0.3) is 5.91 Å². The molecule has 1 aliphatic heterocycles. The van der Waals surface area contributed by atoms with Crippen LogP contribution in [0.4, 0.5) is 10.3 Å². The molecule has 3 aliphatic rings. The molecule has 1 amide bonds. The molecule has 6 nitrogen and oxygen atoms in total. The van der Waals surface area contributed by atoms with Crippen molar-refractivity contribution in [2.75, 3.05) is 24.6 Å². The van der Waals surface area contributed by atoms with Gasteiger partial charge in [0.2, 0.25) is 5.95 Å². The summed E-state index contributed by atoms with van der Waals surface area (Å²) in [5.74, 6) is 2.57. The molecule has 2 aliphatic carbocycles. The van der Waals surface area contributed by atoms with Crippen LogP contribution in [-0.2, 0) is 0 Å². The summed E-state index contributed by atoms with van der Waals surface area (Å²) < 4.78 is 20.1. The molecule has 32 heavy (non-hydrogen) atoms. The van der Waals surface area contributed by atoms with Gasteiger partial charge in [0.05, 0.1) is 29.6 Å². The van der Waals surface area contributed by atoms with Crippen LogP contribution in [0.2, 0.25) is 5.02 Å². The van der Waals surface area contributed by atoms with Crippen molar-refractivity contribution in [1.29, 1.82) is 0 Å². The number of benzene rings is 1. The van der Waals surface area contributed by atoms with Crippen molar-refractivity contribution >= 4 is 23.5 Å². The number of aromatic nitrogens is 2. The second kappa shape index (κ2) is 9.22. The molecule has 170 valence electrons. The number of carbonyl (C=O) groups excluding carboxylic acids is 1. The molecule has 1 N–H and O–H groups in total. The second-order valence-corrected chi connectivity index (χ2v) is 9.65. The van der Waals surface area contributed by atoms with Crippen molar-refractivity contribution in [3.63, 3.8) is 0 Å². The van der Waals surface area contributed by atoms with E-state index in [-0.39, 0.29) is 17.5 Å². The first-order valence-corrected chi connectivity index (χ1v) is 11.9. The predicted molar refractivity (Wildman–Crippen MR) is 121 cm³/mol. The number of hydrogen-bond acceptors (Lipinski definition) is 5. The zero-order valence-electron chi connectivity index (χ0n) is 18.0. The molecular weight excluding hydrogens is 431 g/mol. The summed E-state index contributed by atoms with van der Waals surface area (Å²) in [6, 6.07) is 4.73. The van der Waals surface area contributed by atoms with Crippen LogP contribution >= 0.6 is 11.6 Å². The molecule has 2 saturated carbocycles. The Bertz CT molecular complexity index is 961. The highest BCUT2D eigenvalue weighted by Gasteiger charge is 2.43. The van der Waals surface area contributed by atoms with Gasteiger partial charge in [-0.05, 0) is 68.4 Å². The monoisotopic (exact) mass is 458 g/mol. The van der Waals surface area contributed by atoms with E-state index < -0.39 is 5.82 Å². The minimum atomic E-state index is -0.527. The van der Waals surface area contributed by atoms with Crippen molar-refractivity contribution in [3.8, 4) is 5.75 Å². The zero-order chi connectivity index (χ0) is 22.1. The number of carbonyl (C=O) groups is 1. The minimum Gasteiger partial charge on any atom is -0.493 e.